The largest absolute Gasteiger partial charge is 0.495 e. The number of aromatic nitrogens is 3. The maximum absolute atomic E-state index is 12.7. The van der Waals surface area contributed by atoms with E-state index >= 15 is 0 Å². The second-order valence-corrected chi connectivity index (χ2v) is 8.90. The lowest BCUT2D eigenvalue weighted by Crippen LogP contribution is -2.29. The van der Waals surface area contributed by atoms with E-state index in [-0.39, 0.29) is 5.76 Å². The third kappa shape index (κ3) is 4.19. The number of hydrogen-bond donors (Lipinski definition) is 2. The number of pyridine rings is 1. The van der Waals surface area contributed by atoms with Gasteiger partial charge in [-0.25, -0.2) is 4.98 Å². The molecule has 0 aliphatic heterocycles. The zero-order chi connectivity index (χ0) is 24.7. The van der Waals surface area contributed by atoms with Crippen LogP contribution in [0, 0.1) is 27.7 Å². The summed E-state index contributed by atoms with van der Waals surface area (Å²) in [6, 6.07) is 5.20. The lowest BCUT2D eigenvalue weighted by atomic mass is 10.00. The molecule has 0 radical (unpaired) electrons. The van der Waals surface area contributed by atoms with Crippen molar-refractivity contribution in [3.8, 4) is 5.75 Å². The Kier molecular flexibility index (Phi) is 6.47. The van der Waals surface area contributed by atoms with Crippen molar-refractivity contribution < 1.29 is 13.9 Å². The van der Waals surface area contributed by atoms with E-state index in [0.29, 0.717) is 33.8 Å². The minimum atomic E-state index is -0.435. The molecule has 2 N–H and O–H groups in total. The van der Waals surface area contributed by atoms with Crippen molar-refractivity contribution in [2.75, 3.05) is 12.5 Å². The number of aryl methyl sites for hydroxylation is 3. The molecule has 3 heterocycles. The number of ether oxygens (including phenoxy) is 1. The van der Waals surface area contributed by atoms with E-state index < -0.39 is 5.91 Å². The minimum Gasteiger partial charge on any atom is -0.495 e. The van der Waals surface area contributed by atoms with Gasteiger partial charge in [0, 0.05) is 29.4 Å². The van der Waals surface area contributed by atoms with Crippen LogP contribution in [0.25, 0.3) is 11.0 Å². The van der Waals surface area contributed by atoms with E-state index in [9.17, 15) is 4.79 Å². The fourth-order valence-electron chi connectivity index (χ4n) is 4.08. The Morgan fingerprint density at radius 3 is 2.59 bits per heavy atom. The number of furan rings is 1. The number of nitrogens with one attached hydrogen (secondary N) is 2. The normalized spacial score (nSPS) is 11.2. The van der Waals surface area contributed by atoms with Gasteiger partial charge in [0.2, 0.25) is 0 Å². The van der Waals surface area contributed by atoms with Crippen LogP contribution in [0.4, 0.5) is 5.82 Å². The Morgan fingerprint density at radius 2 is 1.88 bits per heavy atom. The molecule has 1 aromatic carbocycles. The number of fused-ring (bicyclic) bond motifs is 1. The first-order valence-electron chi connectivity index (χ1n) is 10.6. The molecular weight excluding hydrogens is 477 g/mol. The number of amides is 1. The average Bonchev–Trinajstić information content (AvgIpc) is 3.39. The first-order valence-corrected chi connectivity index (χ1v) is 11.3. The summed E-state index contributed by atoms with van der Waals surface area (Å²) in [5.41, 5.74) is 10.5. The van der Waals surface area contributed by atoms with Gasteiger partial charge in [-0.15, -0.1) is 0 Å². The Morgan fingerprint density at radius 1 is 1.15 bits per heavy atom. The predicted molar refractivity (Wildman–Crippen MR) is 133 cm³/mol. The van der Waals surface area contributed by atoms with Crippen molar-refractivity contribution >= 4 is 46.0 Å². The molecule has 178 valence electrons. The zero-order valence-corrected chi connectivity index (χ0v) is 21.3. The highest BCUT2D eigenvalue weighted by Crippen LogP contribution is 2.40. The number of rotatable bonds is 6. The van der Waals surface area contributed by atoms with Crippen LogP contribution in [-0.2, 0) is 13.5 Å². The number of benzene rings is 1. The number of carbonyl (C=O) groups is 1. The number of carbonyl (C=O) groups excluding carboxylic acids is 1. The second kappa shape index (κ2) is 9.19. The van der Waals surface area contributed by atoms with E-state index in [0.717, 1.165) is 39.0 Å². The fraction of sp³-hybridized carbons (Fsp3) is 0.292. The van der Waals surface area contributed by atoms with Crippen LogP contribution in [0.5, 0.6) is 5.75 Å². The molecule has 0 atom stereocenters. The van der Waals surface area contributed by atoms with E-state index in [2.05, 4.69) is 20.9 Å². The van der Waals surface area contributed by atoms with Gasteiger partial charge in [-0.2, -0.15) is 5.10 Å². The van der Waals surface area contributed by atoms with Gasteiger partial charge in [-0.1, -0.05) is 23.2 Å². The Balaban J connectivity index is 1.51. The summed E-state index contributed by atoms with van der Waals surface area (Å²) in [6.07, 6.45) is 0.368. The molecule has 0 aliphatic carbocycles. The molecule has 0 saturated heterocycles. The quantitative estimate of drug-likeness (QED) is 0.340. The summed E-state index contributed by atoms with van der Waals surface area (Å²) >= 11 is 12.9. The van der Waals surface area contributed by atoms with Crippen LogP contribution >= 0.6 is 23.2 Å². The predicted octanol–water partition coefficient (Wildman–Crippen LogP) is 5.46. The van der Waals surface area contributed by atoms with E-state index in [4.69, 9.17) is 32.4 Å². The Labute approximate surface area is 207 Å². The van der Waals surface area contributed by atoms with Crippen molar-refractivity contribution in [3.63, 3.8) is 0 Å². The summed E-state index contributed by atoms with van der Waals surface area (Å²) < 4.78 is 13.0. The van der Waals surface area contributed by atoms with Crippen LogP contribution in [0.3, 0.4) is 0 Å². The lowest BCUT2D eigenvalue weighted by molar-refractivity contribution is 0.0933. The van der Waals surface area contributed by atoms with Crippen LogP contribution in [0.2, 0.25) is 10.0 Å². The third-order valence-corrected chi connectivity index (χ3v) is 6.85. The highest BCUT2D eigenvalue weighted by Gasteiger charge is 2.21. The Hall–Kier alpha value is -3.23. The topological polar surface area (TPSA) is 94.2 Å². The number of nitrogens with zero attached hydrogens (tertiary/aromatic N) is 3. The van der Waals surface area contributed by atoms with E-state index in [1.165, 1.54) is 0 Å². The van der Waals surface area contributed by atoms with E-state index in [1.54, 1.807) is 23.9 Å². The molecule has 34 heavy (non-hydrogen) atoms. The van der Waals surface area contributed by atoms with Crippen LogP contribution in [-0.4, -0.2) is 27.8 Å². The van der Waals surface area contributed by atoms with Gasteiger partial charge in [-0.3, -0.25) is 20.3 Å². The van der Waals surface area contributed by atoms with Crippen LogP contribution in [0.15, 0.2) is 22.6 Å². The molecule has 10 heteroatoms. The summed E-state index contributed by atoms with van der Waals surface area (Å²) in [5.74, 6) is 1.33. The number of hydrogen-bond acceptors (Lipinski definition) is 6. The molecule has 0 saturated carbocycles. The average molecular weight is 502 g/mol. The first-order chi connectivity index (χ1) is 16.1. The van der Waals surface area contributed by atoms with Gasteiger partial charge in [0.1, 0.15) is 17.3 Å². The molecular formula is C24H25Cl2N5O3. The second-order valence-electron chi connectivity index (χ2n) is 8.14. The molecule has 0 fully saturated rings. The summed E-state index contributed by atoms with van der Waals surface area (Å²) in [5, 5.41) is 6.45. The molecule has 0 bridgehead atoms. The summed E-state index contributed by atoms with van der Waals surface area (Å²) in [4.78, 5) is 17.2. The summed E-state index contributed by atoms with van der Waals surface area (Å²) in [6.45, 7) is 7.66. The molecule has 4 aromatic rings. The van der Waals surface area contributed by atoms with Crippen molar-refractivity contribution in [2.45, 2.75) is 34.1 Å². The van der Waals surface area contributed by atoms with Crippen LogP contribution < -0.4 is 15.6 Å². The van der Waals surface area contributed by atoms with Crippen LogP contribution in [0.1, 0.15) is 44.3 Å². The van der Waals surface area contributed by atoms with Gasteiger partial charge < -0.3 is 9.15 Å². The number of hydrazine groups is 1. The fourth-order valence-corrected chi connectivity index (χ4v) is 4.63. The smallest absolute Gasteiger partial charge is 0.305 e. The van der Waals surface area contributed by atoms with Gasteiger partial charge in [0.15, 0.2) is 11.4 Å². The molecule has 0 unspecified atom stereocenters. The highest BCUT2D eigenvalue weighted by atomic mass is 35.5. The lowest BCUT2D eigenvalue weighted by Gasteiger charge is -2.16. The zero-order valence-electron chi connectivity index (χ0n) is 19.8. The van der Waals surface area contributed by atoms with E-state index in [1.807, 2.05) is 40.8 Å². The Bertz CT molecular complexity index is 1420. The molecule has 8 nitrogen and oxygen atoms in total. The van der Waals surface area contributed by atoms with Gasteiger partial charge in [0.25, 0.3) is 0 Å². The number of methoxy groups -OCH3 is 1. The molecule has 1 amide bonds. The third-order valence-electron chi connectivity index (χ3n) is 5.82. The highest BCUT2D eigenvalue weighted by molar-refractivity contribution is 6.37. The number of halogens is 2. The van der Waals surface area contributed by atoms with Gasteiger partial charge in [0.05, 0.1) is 17.8 Å². The van der Waals surface area contributed by atoms with Crippen molar-refractivity contribution in [1.82, 2.24) is 20.2 Å². The van der Waals surface area contributed by atoms with Crippen molar-refractivity contribution in [1.29, 1.82) is 0 Å². The minimum absolute atomic E-state index is 0.151. The van der Waals surface area contributed by atoms with Gasteiger partial charge >= 0.3 is 5.91 Å². The molecule has 4 rings (SSSR count). The summed E-state index contributed by atoms with van der Waals surface area (Å²) in [7, 11) is 3.39. The van der Waals surface area contributed by atoms with Crippen molar-refractivity contribution in [3.05, 3.63) is 67.7 Å². The standard InChI is InChI=1S/C24H25Cl2N5O3/c1-11-9-18(27-23-19(11)14(4)30-31(23)5)28-29-24(32)17-8-7-15(34-17)10-16-12(2)20(25)13(3)21(26)22(16)33-6/h7-9H,10H2,1-6H3,(H,27,28)(H,29,32). The maximum atomic E-state index is 12.7. The molecule has 0 spiro atoms. The molecule has 0 aliphatic rings. The number of anilines is 1. The van der Waals surface area contributed by atoms with Gasteiger partial charge in [-0.05, 0) is 62.6 Å². The van der Waals surface area contributed by atoms with Crippen molar-refractivity contribution in [2.24, 2.45) is 7.05 Å². The SMILES string of the molecule is COc1c(Cl)c(C)c(Cl)c(C)c1Cc1ccc(C(=O)NNc2cc(C)c3c(C)nn(C)c3n2)o1. The first kappa shape index (κ1) is 23.9. The maximum Gasteiger partial charge on any atom is 0.305 e. The molecule has 3 aromatic heterocycles. The monoisotopic (exact) mass is 501 g/mol.